The third-order valence-corrected chi connectivity index (χ3v) is 3.46. The molecule has 1 aromatic heterocycles. The molecule has 1 aliphatic carbocycles. The summed E-state index contributed by atoms with van der Waals surface area (Å²) < 4.78 is 1.92. The van der Waals surface area contributed by atoms with Crippen molar-refractivity contribution < 1.29 is 14.7 Å². The maximum Gasteiger partial charge on any atom is 0.305 e. The molecule has 116 valence electrons. The first kappa shape index (κ1) is 15.5. The van der Waals surface area contributed by atoms with Gasteiger partial charge in [-0.05, 0) is 46.6 Å². The first-order chi connectivity index (χ1) is 9.68. The lowest BCUT2D eigenvalue weighted by Gasteiger charge is -2.22. The number of nitrogens with zero attached hydrogens (tertiary/aromatic N) is 2. The third-order valence-electron chi connectivity index (χ3n) is 3.46. The molecular weight excluding hydrogens is 270 g/mol. The van der Waals surface area contributed by atoms with Gasteiger partial charge >= 0.3 is 5.97 Å². The van der Waals surface area contributed by atoms with Gasteiger partial charge in [-0.3, -0.25) is 14.3 Å². The van der Waals surface area contributed by atoms with Crippen molar-refractivity contribution in [2.45, 2.75) is 64.5 Å². The molecule has 0 aliphatic heterocycles. The van der Waals surface area contributed by atoms with Crippen LogP contribution in [0, 0.1) is 0 Å². The Balaban J connectivity index is 2.16. The van der Waals surface area contributed by atoms with Crippen LogP contribution in [0.3, 0.4) is 0 Å². The number of rotatable bonds is 5. The number of carboxylic acid groups (broad SMARTS) is 1. The Morgan fingerprint density at radius 2 is 2.10 bits per heavy atom. The Morgan fingerprint density at radius 3 is 2.57 bits per heavy atom. The molecule has 1 fully saturated rings. The fraction of sp³-hybridized carbons (Fsp3) is 0.667. The number of nitrogens with one attached hydrogen (secondary N) is 1. The van der Waals surface area contributed by atoms with E-state index in [1.807, 2.05) is 10.7 Å². The summed E-state index contributed by atoms with van der Waals surface area (Å²) in [6, 6.07) is 1.42. The summed E-state index contributed by atoms with van der Waals surface area (Å²) in [6.45, 7) is 7.84. The predicted molar refractivity (Wildman–Crippen MR) is 78.4 cm³/mol. The highest BCUT2D eigenvalue weighted by Crippen LogP contribution is 2.41. The van der Waals surface area contributed by atoms with Gasteiger partial charge in [-0.15, -0.1) is 0 Å². The zero-order valence-corrected chi connectivity index (χ0v) is 13.0. The van der Waals surface area contributed by atoms with Crippen molar-refractivity contribution in [1.29, 1.82) is 0 Å². The van der Waals surface area contributed by atoms with E-state index in [0.717, 1.165) is 18.5 Å². The van der Waals surface area contributed by atoms with Gasteiger partial charge in [0.25, 0.3) is 5.91 Å². The van der Waals surface area contributed by atoms with Gasteiger partial charge in [0.2, 0.25) is 0 Å². The minimum atomic E-state index is -0.929. The molecule has 0 spiro atoms. The second-order valence-electron chi connectivity index (χ2n) is 6.78. The van der Waals surface area contributed by atoms with Crippen molar-refractivity contribution in [1.82, 2.24) is 15.1 Å². The van der Waals surface area contributed by atoms with Crippen LogP contribution in [0.5, 0.6) is 0 Å². The van der Waals surface area contributed by atoms with Crippen molar-refractivity contribution in [3.8, 4) is 0 Å². The maximum atomic E-state index is 12.2. The summed E-state index contributed by atoms with van der Waals surface area (Å²) in [4.78, 5) is 22.8. The number of amides is 1. The molecule has 1 amide bonds. The van der Waals surface area contributed by atoms with E-state index in [9.17, 15) is 9.59 Å². The molecule has 6 nitrogen and oxygen atoms in total. The summed E-state index contributed by atoms with van der Waals surface area (Å²) in [5.74, 6) is -0.745. The number of aromatic nitrogens is 2. The molecule has 0 bridgehead atoms. The van der Waals surface area contributed by atoms with E-state index in [-0.39, 0.29) is 17.9 Å². The molecule has 1 aromatic rings. The van der Waals surface area contributed by atoms with Crippen molar-refractivity contribution >= 4 is 11.9 Å². The van der Waals surface area contributed by atoms with Crippen molar-refractivity contribution in [3.63, 3.8) is 0 Å². The second-order valence-corrected chi connectivity index (χ2v) is 6.78. The lowest BCUT2D eigenvalue weighted by atomic mass is 10.1. The van der Waals surface area contributed by atoms with Gasteiger partial charge in [0, 0.05) is 17.7 Å². The molecule has 0 radical (unpaired) electrons. The molecule has 0 saturated heterocycles. The number of carbonyl (C=O) groups excluding carboxylic acids is 1. The summed E-state index contributed by atoms with van der Waals surface area (Å²) in [7, 11) is 0. The van der Waals surface area contributed by atoms with Gasteiger partial charge in [-0.1, -0.05) is 0 Å². The lowest BCUT2D eigenvalue weighted by Crippen LogP contribution is -2.34. The average Bonchev–Trinajstić information content (AvgIpc) is 3.04. The summed E-state index contributed by atoms with van der Waals surface area (Å²) in [5, 5.41) is 15.8. The van der Waals surface area contributed by atoms with E-state index in [1.54, 1.807) is 6.92 Å². The summed E-state index contributed by atoms with van der Waals surface area (Å²) in [6.07, 6.45) is 2.18. The first-order valence-electron chi connectivity index (χ1n) is 7.31. The predicted octanol–water partition coefficient (Wildman–Crippen LogP) is 2.11. The van der Waals surface area contributed by atoms with Crippen LogP contribution in [-0.4, -0.2) is 32.8 Å². The number of hydrogen-bond donors (Lipinski definition) is 2. The topological polar surface area (TPSA) is 84.2 Å². The molecule has 0 aromatic carbocycles. The van der Waals surface area contributed by atoms with E-state index < -0.39 is 12.0 Å². The van der Waals surface area contributed by atoms with Gasteiger partial charge in [0.1, 0.15) is 5.69 Å². The van der Waals surface area contributed by atoms with E-state index in [1.165, 1.54) is 0 Å². The molecule has 2 rings (SSSR count). The number of hydrogen-bond acceptors (Lipinski definition) is 3. The molecule has 1 aliphatic rings. The smallest absolute Gasteiger partial charge is 0.305 e. The van der Waals surface area contributed by atoms with Gasteiger partial charge in [0.05, 0.1) is 12.0 Å². The largest absolute Gasteiger partial charge is 0.481 e. The molecule has 6 heteroatoms. The number of aliphatic carboxylic acids is 1. The third kappa shape index (κ3) is 3.83. The lowest BCUT2D eigenvalue weighted by molar-refractivity contribution is -0.137. The van der Waals surface area contributed by atoms with E-state index in [4.69, 9.17) is 5.11 Å². The Bertz CT molecular complexity index is 553. The molecule has 2 N–H and O–H groups in total. The normalized spacial score (nSPS) is 16.6. The number of carboxylic acids is 1. The van der Waals surface area contributed by atoms with Crippen LogP contribution in [0.4, 0.5) is 0 Å². The van der Waals surface area contributed by atoms with Gasteiger partial charge in [-0.25, -0.2) is 0 Å². The number of carbonyl (C=O) groups is 2. The van der Waals surface area contributed by atoms with Crippen LogP contribution in [0.1, 0.15) is 69.1 Å². The Kier molecular flexibility index (Phi) is 4.07. The van der Waals surface area contributed by atoms with E-state index in [2.05, 4.69) is 31.2 Å². The fourth-order valence-corrected chi connectivity index (χ4v) is 2.32. The van der Waals surface area contributed by atoms with Gasteiger partial charge in [-0.2, -0.15) is 5.10 Å². The minimum absolute atomic E-state index is 0.0960. The quantitative estimate of drug-likeness (QED) is 0.870. The molecular formula is C15H23N3O3. The first-order valence-corrected chi connectivity index (χ1v) is 7.31. The van der Waals surface area contributed by atoms with Gasteiger partial charge < -0.3 is 10.4 Å². The highest BCUT2D eigenvalue weighted by molar-refractivity contribution is 5.92. The van der Waals surface area contributed by atoms with Crippen LogP contribution in [0.25, 0.3) is 0 Å². The van der Waals surface area contributed by atoms with Crippen molar-refractivity contribution in [2.24, 2.45) is 0 Å². The van der Waals surface area contributed by atoms with Crippen LogP contribution in [0.2, 0.25) is 0 Å². The summed E-state index contributed by atoms with van der Waals surface area (Å²) >= 11 is 0. The van der Waals surface area contributed by atoms with Crippen molar-refractivity contribution in [2.75, 3.05) is 0 Å². The zero-order chi connectivity index (χ0) is 15.8. The molecule has 1 unspecified atom stereocenters. The maximum absolute atomic E-state index is 12.2. The van der Waals surface area contributed by atoms with E-state index >= 15 is 0 Å². The minimum Gasteiger partial charge on any atom is -0.481 e. The van der Waals surface area contributed by atoms with Crippen molar-refractivity contribution in [3.05, 3.63) is 17.5 Å². The van der Waals surface area contributed by atoms with Crippen LogP contribution >= 0.6 is 0 Å². The molecule has 21 heavy (non-hydrogen) atoms. The van der Waals surface area contributed by atoms with Crippen LogP contribution in [0.15, 0.2) is 6.07 Å². The van der Waals surface area contributed by atoms with Crippen LogP contribution in [-0.2, 0) is 10.3 Å². The second kappa shape index (κ2) is 5.50. The van der Waals surface area contributed by atoms with Crippen LogP contribution < -0.4 is 5.32 Å². The average molecular weight is 293 g/mol. The van der Waals surface area contributed by atoms with E-state index in [0.29, 0.717) is 11.6 Å². The zero-order valence-electron chi connectivity index (χ0n) is 13.0. The molecule has 1 saturated carbocycles. The monoisotopic (exact) mass is 293 g/mol. The molecule has 1 heterocycles. The fourth-order valence-electron chi connectivity index (χ4n) is 2.32. The highest BCUT2D eigenvalue weighted by atomic mass is 16.4. The SMILES string of the molecule is CC(CC(=O)O)NC(=O)c1cc(C2CC2)n(C(C)(C)C)n1. The Morgan fingerprint density at radius 1 is 1.48 bits per heavy atom. The standard InChI is InChI=1S/C15H23N3O3/c1-9(7-13(19)20)16-14(21)11-8-12(10-5-6-10)18(17-11)15(2,3)4/h8-10H,5-7H2,1-4H3,(H,16,21)(H,19,20). The molecule has 1 atom stereocenters. The Hall–Kier alpha value is -1.85. The van der Waals surface area contributed by atoms with Gasteiger partial charge in [0.15, 0.2) is 0 Å². The summed E-state index contributed by atoms with van der Waals surface area (Å²) in [5.41, 5.74) is 1.28. The Labute approximate surface area is 124 Å². The highest BCUT2D eigenvalue weighted by Gasteiger charge is 2.32.